The Bertz CT molecular complexity index is 574. The van der Waals surface area contributed by atoms with Gasteiger partial charge in [-0.05, 0) is 43.7 Å². The molecule has 0 radical (unpaired) electrons. The Hall–Kier alpha value is -2.23. The van der Waals surface area contributed by atoms with Crippen molar-refractivity contribution in [1.82, 2.24) is 5.32 Å². The van der Waals surface area contributed by atoms with Gasteiger partial charge in [0.15, 0.2) is 0 Å². The van der Waals surface area contributed by atoms with Gasteiger partial charge in [-0.3, -0.25) is 4.79 Å². The first-order chi connectivity index (χ1) is 9.04. The maximum Gasteiger partial charge on any atom is 0.225 e. The predicted molar refractivity (Wildman–Crippen MR) is 71.8 cm³/mol. The quantitative estimate of drug-likeness (QED) is 0.887. The van der Waals surface area contributed by atoms with Crippen molar-refractivity contribution in [3.63, 3.8) is 0 Å². The lowest BCUT2D eigenvalue weighted by Gasteiger charge is -2.11. The van der Waals surface area contributed by atoms with Gasteiger partial charge >= 0.3 is 0 Å². The van der Waals surface area contributed by atoms with E-state index < -0.39 is 0 Å². The van der Waals surface area contributed by atoms with Crippen LogP contribution in [0.2, 0.25) is 0 Å². The number of furan rings is 1. The monoisotopic (exact) mass is 259 g/mol. The molecule has 2 aromatic rings. The van der Waals surface area contributed by atoms with Crippen molar-refractivity contribution >= 4 is 5.91 Å². The van der Waals surface area contributed by atoms with Crippen LogP contribution in [-0.2, 0) is 11.2 Å². The Morgan fingerprint density at radius 1 is 1.37 bits per heavy atom. The van der Waals surface area contributed by atoms with E-state index in [4.69, 9.17) is 4.42 Å². The van der Waals surface area contributed by atoms with E-state index in [2.05, 4.69) is 5.32 Å². The number of hydrogen-bond acceptors (Lipinski definition) is 3. The third-order valence-electron chi connectivity index (χ3n) is 2.84. The van der Waals surface area contributed by atoms with E-state index in [0.717, 1.165) is 17.1 Å². The molecule has 0 saturated heterocycles. The van der Waals surface area contributed by atoms with Crippen molar-refractivity contribution in [1.29, 1.82) is 0 Å². The molecule has 0 aliphatic rings. The van der Waals surface area contributed by atoms with E-state index in [1.807, 2.05) is 26.0 Å². The molecule has 0 aliphatic carbocycles. The highest BCUT2D eigenvalue weighted by molar-refractivity contribution is 5.79. The Morgan fingerprint density at radius 2 is 2.16 bits per heavy atom. The van der Waals surface area contributed by atoms with Crippen LogP contribution >= 0.6 is 0 Å². The van der Waals surface area contributed by atoms with Gasteiger partial charge in [-0.15, -0.1) is 0 Å². The van der Waals surface area contributed by atoms with Gasteiger partial charge in [0.1, 0.15) is 17.3 Å². The number of aromatic hydroxyl groups is 1. The molecule has 0 spiro atoms. The fourth-order valence-electron chi connectivity index (χ4n) is 1.90. The van der Waals surface area contributed by atoms with Crippen LogP contribution < -0.4 is 5.32 Å². The van der Waals surface area contributed by atoms with E-state index >= 15 is 0 Å². The van der Waals surface area contributed by atoms with Crippen LogP contribution in [0, 0.1) is 6.92 Å². The lowest BCUT2D eigenvalue weighted by atomic mass is 10.1. The summed E-state index contributed by atoms with van der Waals surface area (Å²) in [5.41, 5.74) is 0.778. The molecule has 1 atom stereocenters. The molecule has 0 bridgehead atoms. The van der Waals surface area contributed by atoms with Crippen LogP contribution in [0.25, 0.3) is 0 Å². The molecule has 1 heterocycles. The van der Waals surface area contributed by atoms with Crippen molar-refractivity contribution in [2.24, 2.45) is 0 Å². The van der Waals surface area contributed by atoms with Gasteiger partial charge in [0.25, 0.3) is 0 Å². The second-order valence-electron chi connectivity index (χ2n) is 4.58. The van der Waals surface area contributed by atoms with Gasteiger partial charge in [-0.25, -0.2) is 0 Å². The molecule has 4 heteroatoms. The maximum atomic E-state index is 11.9. The third-order valence-corrected chi connectivity index (χ3v) is 2.84. The number of aryl methyl sites for hydroxylation is 1. The SMILES string of the molecule is Cc1ccc(C(C)NC(=O)Cc2cccc(O)c2)o1. The lowest BCUT2D eigenvalue weighted by molar-refractivity contribution is -0.121. The van der Waals surface area contributed by atoms with Crippen molar-refractivity contribution in [2.75, 3.05) is 0 Å². The van der Waals surface area contributed by atoms with Crippen LogP contribution in [0.1, 0.15) is 30.0 Å². The maximum absolute atomic E-state index is 11.9. The second-order valence-corrected chi connectivity index (χ2v) is 4.58. The molecule has 1 unspecified atom stereocenters. The van der Waals surface area contributed by atoms with Gasteiger partial charge < -0.3 is 14.8 Å². The number of rotatable bonds is 4. The molecule has 4 nitrogen and oxygen atoms in total. The molecule has 0 fully saturated rings. The highest BCUT2D eigenvalue weighted by Gasteiger charge is 2.13. The summed E-state index contributed by atoms with van der Waals surface area (Å²) in [4.78, 5) is 11.9. The summed E-state index contributed by atoms with van der Waals surface area (Å²) >= 11 is 0. The topological polar surface area (TPSA) is 62.5 Å². The van der Waals surface area contributed by atoms with E-state index in [1.165, 1.54) is 0 Å². The molecule has 2 rings (SSSR count). The largest absolute Gasteiger partial charge is 0.508 e. The molecule has 2 N–H and O–H groups in total. The summed E-state index contributed by atoms with van der Waals surface area (Å²) in [6, 6.07) is 10.2. The van der Waals surface area contributed by atoms with E-state index in [1.54, 1.807) is 24.3 Å². The van der Waals surface area contributed by atoms with Gasteiger partial charge in [0.2, 0.25) is 5.91 Å². The normalized spacial score (nSPS) is 12.1. The Balaban J connectivity index is 1.94. The molecular weight excluding hydrogens is 242 g/mol. The predicted octanol–water partition coefficient (Wildman–Crippen LogP) is 2.71. The molecule has 1 amide bonds. The van der Waals surface area contributed by atoms with Crippen molar-refractivity contribution in [3.05, 3.63) is 53.5 Å². The Labute approximate surface area is 112 Å². The van der Waals surface area contributed by atoms with Crippen molar-refractivity contribution in [3.8, 4) is 5.75 Å². The number of hydrogen-bond donors (Lipinski definition) is 2. The minimum atomic E-state index is -0.168. The van der Waals surface area contributed by atoms with Crippen LogP contribution in [0.3, 0.4) is 0 Å². The zero-order chi connectivity index (χ0) is 13.8. The molecule has 100 valence electrons. The van der Waals surface area contributed by atoms with Gasteiger partial charge in [-0.1, -0.05) is 12.1 Å². The number of amides is 1. The highest BCUT2D eigenvalue weighted by atomic mass is 16.3. The minimum absolute atomic E-state index is 0.104. The van der Waals surface area contributed by atoms with Gasteiger partial charge in [-0.2, -0.15) is 0 Å². The van der Waals surface area contributed by atoms with E-state index in [9.17, 15) is 9.90 Å². The first-order valence-corrected chi connectivity index (χ1v) is 6.18. The summed E-state index contributed by atoms with van der Waals surface area (Å²) in [6.07, 6.45) is 0.235. The summed E-state index contributed by atoms with van der Waals surface area (Å²) < 4.78 is 5.46. The number of phenols is 1. The Morgan fingerprint density at radius 3 is 2.79 bits per heavy atom. The van der Waals surface area contributed by atoms with Crippen LogP contribution in [0.5, 0.6) is 5.75 Å². The first kappa shape index (κ1) is 13.2. The summed E-state index contributed by atoms with van der Waals surface area (Å²) in [7, 11) is 0. The fraction of sp³-hybridized carbons (Fsp3) is 0.267. The van der Waals surface area contributed by atoms with Crippen molar-refractivity contribution < 1.29 is 14.3 Å². The molecule has 1 aromatic heterocycles. The number of carbonyl (C=O) groups is 1. The van der Waals surface area contributed by atoms with Gasteiger partial charge in [0.05, 0.1) is 12.5 Å². The molecule has 0 aliphatic heterocycles. The summed E-state index contributed by atoms with van der Waals surface area (Å²) in [5.74, 6) is 1.62. The molecule has 0 saturated carbocycles. The number of nitrogens with one attached hydrogen (secondary N) is 1. The third kappa shape index (κ3) is 3.61. The van der Waals surface area contributed by atoms with Crippen molar-refractivity contribution in [2.45, 2.75) is 26.3 Å². The zero-order valence-corrected chi connectivity index (χ0v) is 11.0. The zero-order valence-electron chi connectivity index (χ0n) is 11.0. The number of benzene rings is 1. The number of carbonyl (C=O) groups excluding carboxylic acids is 1. The lowest BCUT2D eigenvalue weighted by Crippen LogP contribution is -2.27. The van der Waals surface area contributed by atoms with Crippen LogP contribution in [0.15, 0.2) is 40.8 Å². The highest BCUT2D eigenvalue weighted by Crippen LogP contribution is 2.16. The van der Waals surface area contributed by atoms with Crippen LogP contribution in [0.4, 0.5) is 0 Å². The molecular formula is C15H17NO3. The molecule has 19 heavy (non-hydrogen) atoms. The smallest absolute Gasteiger partial charge is 0.225 e. The van der Waals surface area contributed by atoms with E-state index in [-0.39, 0.29) is 24.1 Å². The molecule has 1 aromatic carbocycles. The summed E-state index contributed by atoms with van der Waals surface area (Å²) in [6.45, 7) is 3.74. The van der Waals surface area contributed by atoms with Gasteiger partial charge in [0, 0.05) is 0 Å². The van der Waals surface area contributed by atoms with Crippen LogP contribution in [-0.4, -0.2) is 11.0 Å². The Kier molecular flexibility index (Phi) is 3.90. The minimum Gasteiger partial charge on any atom is -0.508 e. The van der Waals surface area contributed by atoms with E-state index in [0.29, 0.717) is 0 Å². The summed E-state index contributed by atoms with van der Waals surface area (Å²) in [5, 5.41) is 12.2. The average Bonchev–Trinajstić information content (AvgIpc) is 2.75. The fourth-order valence-corrected chi connectivity index (χ4v) is 1.90. The average molecular weight is 259 g/mol. The number of phenolic OH excluding ortho intramolecular Hbond substituents is 1. The first-order valence-electron chi connectivity index (χ1n) is 6.18. The standard InChI is InChI=1S/C15H17NO3/c1-10-6-7-14(19-10)11(2)16-15(18)9-12-4-3-5-13(17)8-12/h3-8,11,17H,9H2,1-2H3,(H,16,18). The second kappa shape index (κ2) is 5.61.